The number of hydrogen-bond acceptors (Lipinski definition) is 3. The van der Waals surface area contributed by atoms with Gasteiger partial charge in [-0.05, 0) is 34.5 Å². The van der Waals surface area contributed by atoms with E-state index in [1.165, 1.54) is 6.07 Å². The van der Waals surface area contributed by atoms with Crippen LogP contribution >= 0.6 is 27.5 Å². The van der Waals surface area contributed by atoms with E-state index in [0.717, 1.165) is 0 Å². The zero-order valence-electron chi connectivity index (χ0n) is 8.87. The first-order valence-electron chi connectivity index (χ1n) is 5.14. The Morgan fingerprint density at radius 2 is 2.35 bits per heavy atom. The molecule has 1 aliphatic rings. The number of carbonyl (C=O) groups is 1. The van der Waals surface area contributed by atoms with E-state index in [9.17, 15) is 9.90 Å². The number of hydrogen-bond donors (Lipinski definition) is 2. The Bertz CT molecular complexity index is 447. The zero-order valence-corrected chi connectivity index (χ0v) is 11.2. The van der Waals surface area contributed by atoms with Gasteiger partial charge in [0.15, 0.2) is 5.75 Å². The van der Waals surface area contributed by atoms with Crippen LogP contribution in [0.15, 0.2) is 16.6 Å². The van der Waals surface area contributed by atoms with Crippen LogP contribution in [-0.2, 0) is 9.53 Å². The molecule has 1 amide bonds. The predicted octanol–water partition coefficient (Wildman–Crippen LogP) is 2.78. The summed E-state index contributed by atoms with van der Waals surface area (Å²) >= 11 is 9.01. The van der Waals surface area contributed by atoms with Gasteiger partial charge in [0.05, 0.1) is 22.7 Å². The lowest BCUT2D eigenvalue weighted by atomic mass is 10.1. The molecule has 0 aliphatic carbocycles. The summed E-state index contributed by atoms with van der Waals surface area (Å²) in [4.78, 5) is 11.8. The van der Waals surface area contributed by atoms with E-state index in [1.807, 2.05) is 0 Å². The molecule has 1 saturated heterocycles. The Hall–Kier alpha value is -0.780. The highest BCUT2D eigenvalue weighted by atomic mass is 79.9. The third-order valence-electron chi connectivity index (χ3n) is 2.59. The number of phenols is 1. The van der Waals surface area contributed by atoms with E-state index in [0.29, 0.717) is 34.8 Å². The molecule has 1 heterocycles. The Labute approximate surface area is 112 Å². The zero-order chi connectivity index (χ0) is 12.4. The monoisotopic (exact) mass is 319 g/mol. The highest BCUT2D eigenvalue weighted by Crippen LogP contribution is 2.35. The van der Waals surface area contributed by atoms with Gasteiger partial charge >= 0.3 is 0 Å². The van der Waals surface area contributed by atoms with Crippen molar-refractivity contribution in [2.24, 2.45) is 5.92 Å². The van der Waals surface area contributed by atoms with Gasteiger partial charge in [0.2, 0.25) is 5.91 Å². The number of carbonyl (C=O) groups excluding carboxylic acids is 1. The number of aromatic hydroxyl groups is 1. The van der Waals surface area contributed by atoms with Crippen molar-refractivity contribution < 1.29 is 14.6 Å². The Morgan fingerprint density at radius 1 is 1.59 bits per heavy atom. The molecular formula is C11H11BrClNO3. The van der Waals surface area contributed by atoms with E-state index < -0.39 is 0 Å². The maximum absolute atomic E-state index is 11.8. The van der Waals surface area contributed by atoms with Crippen molar-refractivity contribution in [2.75, 3.05) is 18.5 Å². The van der Waals surface area contributed by atoms with E-state index in [-0.39, 0.29) is 17.6 Å². The second kappa shape index (κ2) is 5.25. The maximum atomic E-state index is 11.8. The van der Waals surface area contributed by atoms with Crippen LogP contribution in [-0.4, -0.2) is 24.2 Å². The van der Waals surface area contributed by atoms with Gasteiger partial charge in [-0.25, -0.2) is 0 Å². The first-order chi connectivity index (χ1) is 8.08. The first kappa shape index (κ1) is 12.7. The number of benzene rings is 1. The molecule has 2 rings (SSSR count). The van der Waals surface area contributed by atoms with Gasteiger partial charge in [0.25, 0.3) is 0 Å². The first-order valence-corrected chi connectivity index (χ1v) is 6.31. The number of phenolic OH excluding ortho intramolecular Hbond substituents is 1. The molecule has 92 valence electrons. The van der Waals surface area contributed by atoms with E-state index in [4.69, 9.17) is 16.3 Å². The lowest BCUT2D eigenvalue weighted by Crippen LogP contribution is -2.22. The molecule has 0 spiro atoms. The van der Waals surface area contributed by atoms with Crippen molar-refractivity contribution in [3.8, 4) is 5.75 Å². The number of nitrogens with one attached hydrogen (secondary N) is 1. The van der Waals surface area contributed by atoms with Gasteiger partial charge < -0.3 is 15.2 Å². The average Bonchev–Trinajstić information content (AvgIpc) is 2.78. The number of halogens is 2. The molecule has 2 N–H and O–H groups in total. The summed E-state index contributed by atoms with van der Waals surface area (Å²) in [7, 11) is 0. The van der Waals surface area contributed by atoms with Crippen LogP contribution in [0.3, 0.4) is 0 Å². The molecule has 0 unspecified atom stereocenters. The van der Waals surface area contributed by atoms with Crippen molar-refractivity contribution in [2.45, 2.75) is 6.42 Å². The molecule has 0 saturated carbocycles. The second-order valence-electron chi connectivity index (χ2n) is 3.83. The van der Waals surface area contributed by atoms with Gasteiger partial charge in [0, 0.05) is 11.6 Å². The summed E-state index contributed by atoms with van der Waals surface area (Å²) in [6.07, 6.45) is 0.703. The van der Waals surface area contributed by atoms with Crippen molar-refractivity contribution in [1.29, 1.82) is 0 Å². The molecule has 1 atom stereocenters. The van der Waals surface area contributed by atoms with Crippen LogP contribution in [0, 0.1) is 5.92 Å². The summed E-state index contributed by atoms with van der Waals surface area (Å²) in [5.41, 5.74) is 0.307. The van der Waals surface area contributed by atoms with Crippen LogP contribution in [0.2, 0.25) is 5.02 Å². The van der Waals surface area contributed by atoms with Crippen molar-refractivity contribution in [3.63, 3.8) is 0 Å². The lowest BCUT2D eigenvalue weighted by molar-refractivity contribution is -0.119. The summed E-state index contributed by atoms with van der Waals surface area (Å²) in [6, 6.07) is 3.07. The lowest BCUT2D eigenvalue weighted by Gasteiger charge is -2.12. The van der Waals surface area contributed by atoms with Crippen molar-refractivity contribution >= 4 is 39.1 Å². The second-order valence-corrected chi connectivity index (χ2v) is 5.12. The summed E-state index contributed by atoms with van der Waals surface area (Å²) in [5.74, 6) is -0.346. The van der Waals surface area contributed by atoms with Gasteiger partial charge in [-0.3, -0.25) is 4.79 Å². The highest BCUT2D eigenvalue weighted by Gasteiger charge is 2.24. The molecule has 1 aliphatic heterocycles. The Kier molecular flexibility index (Phi) is 3.91. The summed E-state index contributed by atoms with van der Waals surface area (Å²) in [5, 5.41) is 12.9. The largest absolute Gasteiger partial charge is 0.505 e. The topological polar surface area (TPSA) is 58.6 Å². The number of rotatable bonds is 2. The SMILES string of the molecule is O=C(Nc1cc(Cl)cc(Br)c1O)[C@H]1CCOC1. The quantitative estimate of drug-likeness (QED) is 0.824. The summed E-state index contributed by atoms with van der Waals surface area (Å²) < 4.78 is 5.58. The third-order valence-corrected chi connectivity index (χ3v) is 3.41. The molecule has 17 heavy (non-hydrogen) atoms. The molecular weight excluding hydrogens is 309 g/mol. The minimum atomic E-state index is -0.160. The third kappa shape index (κ3) is 2.91. The standard InChI is InChI=1S/C11H11BrClNO3/c12-8-3-7(13)4-9(10(8)15)14-11(16)6-1-2-17-5-6/h3-4,6,15H,1-2,5H2,(H,14,16)/t6-/m0/s1. The Morgan fingerprint density at radius 3 is 3.00 bits per heavy atom. The smallest absolute Gasteiger partial charge is 0.230 e. The molecule has 0 radical (unpaired) electrons. The van der Waals surface area contributed by atoms with E-state index in [2.05, 4.69) is 21.2 Å². The van der Waals surface area contributed by atoms with Crippen LogP contribution in [0.1, 0.15) is 6.42 Å². The molecule has 4 nitrogen and oxygen atoms in total. The number of ether oxygens (including phenoxy) is 1. The van der Waals surface area contributed by atoms with E-state index >= 15 is 0 Å². The highest BCUT2D eigenvalue weighted by molar-refractivity contribution is 9.10. The van der Waals surface area contributed by atoms with Gasteiger partial charge in [-0.15, -0.1) is 0 Å². The van der Waals surface area contributed by atoms with Crippen LogP contribution in [0.4, 0.5) is 5.69 Å². The Balaban J connectivity index is 2.15. The van der Waals surface area contributed by atoms with Gasteiger partial charge in [-0.2, -0.15) is 0 Å². The maximum Gasteiger partial charge on any atom is 0.230 e. The number of anilines is 1. The van der Waals surface area contributed by atoms with E-state index in [1.54, 1.807) is 6.07 Å². The van der Waals surface area contributed by atoms with Crippen molar-refractivity contribution in [1.82, 2.24) is 0 Å². The fraction of sp³-hybridized carbons (Fsp3) is 0.364. The minimum absolute atomic E-state index is 0.0262. The molecule has 0 bridgehead atoms. The molecule has 1 aromatic carbocycles. The minimum Gasteiger partial charge on any atom is -0.505 e. The average molecular weight is 321 g/mol. The molecule has 1 aromatic rings. The van der Waals surface area contributed by atoms with Crippen LogP contribution in [0.5, 0.6) is 5.75 Å². The molecule has 1 fully saturated rings. The molecule has 6 heteroatoms. The fourth-order valence-corrected chi connectivity index (χ4v) is 2.45. The van der Waals surface area contributed by atoms with Gasteiger partial charge in [-0.1, -0.05) is 11.6 Å². The summed E-state index contributed by atoms with van der Waals surface area (Å²) in [6.45, 7) is 1.03. The van der Waals surface area contributed by atoms with Crippen molar-refractivity contribution in [3.05, 3.63) is 21.6 Å². The fourth-order valence-electron chi connectivity index (χ4n) is 1.64. The van der Waals surface area contributed by atoms with Crippen LogP contribution < -0.4 is 5.32 Å². The predicted molar refractivity (Wildman–Crippen MR) is 68.4 cm³/mol. The number of amides is 1. The molecule has 0 aromatic heterocycles. The normalized spacial score (nSPS) is 19.3. The van der Waals surface area contributed by atoms with Crippen LogP contribution in [0.25, 0.3) is 0 Å². The van der Waals surface area contributed by atoms with Gasteiger partial charge in [0.1, 0.15) is 0 Å².